The molecule has 1 fully saturated rings. The number of rotatable bonds is 3. The number of piperidine rings is 1. The van der Waals surface area contributed by atoms with Crippen molar-refractivity contribution in [1.29, 1.82) is 0 Å². The highest BCUT2D eigenvalue weighted by atomic mass is 16.2. The van der Waals surface area contributed by atoms with Crippen molar-refractivity contribution in [2.75, 3.05) is 13.1 Å². The minimum Gasteiger partial charge on any atom is -0.348 e. The summed E-state index contributed by atoms with van der Waals surface area (Å²) >= 11 is 0. The van der Waals surface area contributed by atoms with Crippen LogP contribution in [-0.4, -0.2) is 48.9 Å². The van der Waals surface area contributed by atoms with Gasteiger partial charge in [0.1, 0.15) is 23.4 Å². The first-order valence-electron chi connectivity index (χ1n) is 7.86. The molecule has 7 heteroatoms. The number of hydrogen-bond acceptors (Lipinski definition) is 4. The summed E-state index contributed by atoms with van der Waals surface area (Å²) in [5.41, 5.74) is 1.63. The third-order valence-corrected chi connectivity index (χ3v) is 4.36. The number of amides is 1. The fourth-order valence-electron chi connectivity index (χ4n) is 3.10. The number of carbonyl (C=O) groups excluding carboxylic acids is 1. The smallest absolute Gasteiger partial charge is 0.246 e. The third-order valence-electron chi connectivity index (χ3n) is 4.36. The average molecular weight is 310 g/mol. The molecule has 3 aromatic rings. The number of imidazole rings is 1. The van der Waals surface area contributed by atoms with Crippen molar-refractivity contribution in [2.45, 2.75) is 25.3 Å². The molecule has 4 rings (SSSR count). The van der Waals surface area contributed by atoms with E-state index in [2.05, 4.69) is 20.2 Å². The van der Waals surface area contributed by atoms with Gasteiger partial charge < -0.3 is 9.88 Å². The largest absolute Gasteiger partial charge is 0.348 e. The lowest BCUT2D eigenvalue weighted by Crippen LogP contribution is -2.40. The van der Waals surface area contributed by atoms with Crippen molar-refractivity contribution < 1.29 is 4.79 Å². The predicted octanol–water partition coefficient (Wildman–Crippen LogP) is 1.56. The van der Waals surface area contributed by atoms with Gasteiger partial charge in [-0.25, -0.2) is 4.98 Å². The lowest BCUT2D eigenvalue weighted by atomic mass is 9.96. The molecular formula is C16H18N6O. The van der Waals surface area contributed by atoms with E-state index in [4.69, 9.17) is 0 Å². The summed E-state index contributed by atoms with van der Waals surface area (Å²) in [4.78, 5) is 23.3. The lowest BCUT2D eigenvalue weighted by molar-refractivity contribution is -0.133. The summed E-state index contributed by atoms with van der Waals surface area (Å²) in [6, 6.07) is 7.64. The van der Waals surface area contributed by atoms with Crippen LogP contribution in [0.2, 0.25) is 0 Å². The summed E-state index contributed by atoms with van der Waals surface area (Å²) in [7, 11) is 0. The number of nitrogens with one attached hydrogen (secondary N) is 1. The molecule has 1 N–H and O–H groups in total. The summed E-state index contributed by atoms with van der Waals surface area (Å²) in [5, 5.41) is 8.69. The van der Waals surface area contributed by atoms with E-state index in [1.807, 2.05) is 35.4 Å². The third kappa shape index (κ3) is 2.81. The van der Waals surface area contributed by atoms with Gasteiger partial charge in [0.25, 0.3) is 0 Å². The summed E-state index contributed by atoms with van der Waals surface area (Å²) < 4.78 is 0. The van der Waals surface area contributed by atoms with E-state index < -0.39 is 0 Å². The number of likely N-dealkylation sites (tertiary alicyclic amines) is 1. The van der Waals surface area contributed by atoms with Crippen molar-refractivity contribution in [3.05, 3.63) is 42.5 Å². The molecular weight excluding hydrogens is 292 g/mol. The SMILES string of the molecule is O=C(Cn1nc2ccccc2n1)N1CCC(c2ncc[nH]2)CC1. The zero-order valence-electron chi connectivity index (χ0n) is 12.7. The number of aromatic amines is 1. The van der Waals surface area contributed by atoms with Crippen LogP contribution in [0.1, 0.15) is 24.6 Å². The Morgan fingerprint density at radius 3 is 2.48 bits per heavy atom. The van der Waals surface area contributed by atoms with Crippen LogP contribution in [0, 0.1) is 0 Å². The van der Waals surface area contributed by atoms with E-state index in [1.165, 1.54) is 4.80 Å². The maximum absolute atomic E-state index is 12.4. The predicted molar refractivity (Wildman–Crippen MR) is 84.7 cm³/mol. The number of hydrogen-bond donors (Lipinski definition) is 1. The minimum atomic E-state index is 0.0724. The van der Waals surface area contributed by atoms with Gasteiger partial charge in [0.2, 0.25) is 5.91 Å². The molecule has 0 saturated carbocycles. The van der Waals surface area contributed by atoms with E-state index in [-0.39, 0.29) is 12.5 Å². The van der Waals surface area contributed by atoms with Gasteiger partial charge in [0.05, 0.1) is 0 Å². The Balaban J connectivity index is 1.38. The maximum Gasteiger partial charge on any atom is 0.246 e. The quantitative estimate of drug-likeness (QED) is 0.796. The van der Waals surface area contributed by atoms with Crippen LogP contribution in [0.3, 0.4) is 0 Å². The molecule has 1 aliphatic heterocycles. The summed E-state index contributed by atoms with van der Waals surface area (Å²) in [5.74, 6) is 1.51. The normalized spacial score (nSPS) is 16.1. The fraction of sp³-hybridized carbons (Fsp3) is 0.375. The molecule has 0 spiro atoms. The van der Waals surface area contributed by atoms with Gasteiger partial charge in [0.15, 0.2) is 0 Å². The molecule has 0 atom stereocenters. The number of nitrogens with zero attached hydrogens (tertiary/aromatic N) is 5. The molecule has 1 saturated heterocycles. The highest BCUT2D eigenvalue weighted by molar-refractivity contribution is 5.77. The molecule has 0 radical (unpaired) electrons. The van der Waals surface area contributed by atoms with Crippen LogP contribution in [0.15, 0.2) is 36.7 Å². The van der Waals surface area contributed by atoms with Crippen molar-refractivity contribution in [1.82, 2.24) is 29.9 Å². The Hall–Kier alpha value is -2.70. The van der Waals surface area contributed by atoms with Gasteiger partial charge in [-0.15, -0.1) is 0 Å². The Labute approximate surface area is 133 Å². The van der Waals surface area contributed by atoms with Crippen LogP contribution in [0.4, 0.5) is 0 Å². The minimum absolute atomic E-state index is 0.0724. The van der Waals surface area contributed by atoms with E-state index in [0.717, 1.165) is 42.8 Å². The topological polar surface area (TPSA) is 79.7 Å². The summed E-state index contributed by atoms with van der Waals surface area (Å²) in [6.45, 7) is 1.70. The Bertz CT molecular complexity index is 768. The monoisotopic (exact) mass is 310 g/mol. The van der Waals surface area contributed by atoms with Crippen molar-refractivity contribution >= 4 is 16.9 Å². The van der Waals surface area contributed by atoms with Crippen LogP contribution in [-0.2, 0) is 11.3 Å². The zero-order chi connectivity index (χ0) is 15.6. The Morgan fingerprint density at radius 2 is 1.87 bits per heavy atom. The first-order valence-corrected chi connectivity index (χ1v) is 7.86. The van der Waals surface area contributed by atoms with Gasteiger partial charge >= 0.3 is 0 Å². The molecule has 0 unspecified atom stereocenters. The zero-order valence-corrected chi connectivity index (χ0v) is 12.7. The highest BCUT2D eigenvalue weighted by Gasteiger charge is 2.25. The molecule has 1 amide bonds. The van der Waals surface area contributed by atoms with E-state index in [0.29, 0.717) is 5.92 Å². The second-order valence-corrected chi connectivity index (χ2v) is 5.85. The number of aromatic nitrogens is 5. The Morgan fingerprint density at radius 1 is 1.17 bits per heavy atom. The number of benzene rings is 1. The van der Waals surface area contributed by atoms with Crippen LogP contribution in [0.25, 0.3) is 11.0 Å². The van der Waals surface area contributed by atoms with Gasteiger partial charge in [-0.05, 0) is 25.0 Å². The average Bonchev–Trinajstić information content (AvgIpc) is 3.24. The highest BCUT2D eigenvalue weighted by Crippen LogP contribution is 2.25. The van der Waals surface area contributed by atoms with E-state index >= 15 is 0 Å². The molecule has 0 bridgehead atoms. The van der Waals surface area contributed by atoms with Gasteiger partial charge in [-0.1, -0.05) is 12.1 Å². The standard InChI is InChI=1S/C16H18N6O/c23-15(11-22-19-13-3-1-2-4-14(13)20-22)21-9-5-12(6-10-21)16-17-7-8-18-16/h1-4,7-8,12H,5-6,9-11H2,(H,17,18). The van der Waals surface area contributed by atoms with E-state index in [9.17, 15) is 4.79 Å². The van der Waals surface area contributed by atoms with E-state index in [1.54, 1.807) is 6.20 Å². The first kappa shape index (κ1) is 13.9. The molecule has 1 aromatic carbocycles. The Kier molecular flexibility index (Phi) is 3.53. The van der Waals surface area contributed by atoms with Crippen LogP contribution in [0.5, 0.6) is 0 Å². The fourth-order valence-corrected chi connectivity index (χ4v) is 3.10. The second kappa shape index (κ2) is 5.83. The number of H-pyrrole nitrogens is 1. The van der Waals surface area contributed by atoms with Gasteiger partial charge in [0, 0.05) is 31.4 Å². The molecule has 1 aliphatic rings. The molecule has 3 heterocycles. The van der Waals surface area contributed by atoms with Gasteiger partial charge in [-0.3, -0.25) is 4.79 Å². The molecule has 23 heavy (non-hydrogen) atoms. The lowest BCUT2D eigenvalue weighted by Gasteiger charge is -2.31. The molecule has 2 aromatic heterocycles. The molecule has 7 nitrogen and oxygen atoms in total. The first-order chi connectivity index (χ1) is 11.3. The van der Waals surface area contributed by atoms with Crippen molar-refractivity contribution in [3.8, 4) is 0 Å². The molecule has 0 aliphatic carbocycles. The number of carbonyl (C=O) groups is 1. The van der Waals surface area contributed by atoms with Crippen molar-refractivity contribution in [2.24, 2.45) is 0 Å². The molecule has 118 valence electrons. The maximum atomic E-state index is 12.4. The van der Waals surface area contributed by atoms with Gasteiger partial charge in [-0.2, -0.15) is 15.0 Å². The summed E-state index contributed by atoms with van der Waals surface area (Å²) in [6.07, 6.45) is 5.50. The van der Waals surface area contributed by atoms with Crippen molar-refractivity contribution in [3.63, 3.8) is 0 Å². The number of fused-ring (bicyclic) bond motifs is 1. The van der Waals surface area contributed by atoms with Crippen LogP contribution >= 0.6 is 0 Å². The van der Waals surface area contributed by atoms with Crippen LogP contribution < -0.4 is 0 Å². The second-order valence-electron chi connectivity index (χ2n) is 5.85.